The summed E-state index contributed by atoms with van der Waals surface area (Å²) in [5.74, 6) is 0. The van der Waals surface area contributed by atoms with Gasteiger partial charge in [-0.25, -0.2) is 4.79 Å². The third-order valence-corrected chi connectivity index (χ3v) is 5.53. The zero-order valence-electron chi connectivity index (χ0n) is 15.6. The van der Waals surface area contributed by atoms with Crippen LogP contribution >= 0.6 is 0 Å². The maximum Gasteiger partial charge on any atom is 0.405 e. The van der Waals surface area contributed by atoms with Crippen molar-refractivity contribution in [3.8, 4) is 28.5 Å². The van der Waals surface area contributed by atoms with E-state index in [1.807, 2.05) is 60.7 Å². The van der Waals surface area contributed by atoms with Crippen molar-refractivity contribution >= 4 is 6.09 Å². The van der Waals surface area contributed by atoms with Crippen LogP contribution in [-0.2, 0) is 5.54 Å². The topological polar surface area (TPSA) is 106 Å². The molecule has 0 unspecified atom stereocenters. The summed E-state index contributed by atoms with van der Waals surface area (Å²) in [6.07, 6.45) is 1.48. The van der Waals surface area contributed by atoms with Crippen LogP contribution in [0.4, 0.5) is 4.79 Å². The summed E-state index contributed by atoms with van der Waals surface area (Å²) in [6, 6.07) is 20.7. The van der Waals surface area contributed by atoms with Gasteiger partial charge in [-0.3, -0.25) is 4.79 Å². The van der Waals surface area contributed by atoms with Crippen molar-refractivity contribution in [2.75, 3.05) is 0 Å². The number of aromatic nitrogens is 1. The van der Waals surface area contributed by atoms with Gasteiger partial charge in [0.05, 0.1) is 11.2 Å². The van der Waals surface area contributed by atoms with Crippen molar-refractivity contribution in [2.24, 2.45) is 0 Å². The molecule has 2 aromatic carbocycles. The van der Waals surface area contributed by atoms with Crippen molar-refractivity contribution in [1.82, 2.24) is 10.3 Å². The predicted molar refractivity (Wildman–Crippen MR) is 109 cm³/mol. The number of nitriles is 1. The Hall–Kier alpha value is -3.85. The minimum absolute atomic E-state index is 0.0586. The zero-order valence-corrected chi connectivity index (χ0v) is 15.6. The van der Waals surface area contributed by atoms with Gasteiger partial charge < -0.3 is 15.4 Å². The van der Waals surface area contributed by atoms with E-state index in [4.69, 9.17) is 0 Å². The van der Waals surface area contributed by atoms with E-state index in [-0.39, 0.29) is 5.56 Å². The lowest BCUT2D eigenvalue weighted by Gasteiger charge is -2.42. The second-order valence-electron chi connectivity index (χ2n) is 7.22. The first-order valence-corrected chi connectivity index (χ1v) is 9.37. The van der Waals surface area contributed by atoms with Gasteiger partial charge in [0.25, 0.3) is 5.56 Å². The Balaban J connectivity index is 1.79. The maximum absolute atomic E-state index is 12.3. The third-order valence-electron chi connectivity index (χ3n) is 5.53. The summed E-state index contributed by atoms with van der Waals surface area (Å²) in [4.78, 5) is 26.3. The Morgan fingerprint density at radius 2 is 1.76 bits per heavy atom. The average Bonchev–Trinajstić information content (AvgIpc) is 2.71. The third kappa shape index (κ3) is 3.39. The first-order chi connectivity index (χ1) is 14.0. The molecule has 0 bridgehead atoms. The van der Waals surface area contributed by atoms with Crippen LogP contribution in [0.3, 0.4) is 0 Å². The molecule has 1 heterocycles. The van der Waals surface area contributed by atoms with Gasteiger partial charge in [-0.15, -0.1) is 0 Å². The number of aromatic amines is 1. The highest BCUT2D eigenvalue weighted by Crippen LogP contribution is 2.42. The van der Waals surface area contributed by atoms with E-state index in [0.29, 0.717) is 5.69 Å². The lowest BCUT2D eigenvalue weighted by atomic mass is 9.71. The summed E-state index contributed by atoms with van der Waals surface area (Å²) in [5.41, 5.74) is 3.06. The molecule has 1 aromatic heterocycles. The Kier molecular flexibility index (Phi) is 4.65. The highest BCUT2D eigenvalue weighted by atomic mass is 16.4. The molecule has 6 nitrogen and oxygen atoms in total. The van der Waals surface area contributed by atoms with Crippen LogP contribution in [-0.4, -0.2) is 16.2 Å². The molecule has 29 heavy (non-hydrogen) atoms. The Morgan fingerprint density at radius 3 is 2.31 bits per heavy atom. The minimum Gasteiger partial charge on any atom is -0.465 e. The SMILES string of the molecule is N#Cc1cc(-c2ccccc2)c(-c2ccc(C3(NC(=O)O)CCC3)cc2)[nH]c1=O. The Bertz CT molecular complexity index is 1150. The monoisotopic (exact) mass is 385 g/mol. The first kappa shape index (κ1) is 18.5. The largest absolute Gasteiger partial charge is 0.465 e. The molecule has 3 N–H and O–H groups in total. The molecule has 6 heteroatoms. The molecule has 0 spiro atoms. The van der Waals surface area contributed by atoms with Gasteiger partial charge in [-0.2, -0.15) is 5.26 Å². The number of benzene rings is 2. The molecule has 144 valence electrons. The van der Waals surface area contributed by atoms with E-state index in [2.05, 4.69) is 10.3 Å². The molecule has 1 saturated carbocycles. The molecule has 1 aliphatic carbocycles. The molecule has 1 aliphatic rings. The highest BCUT2D eigenvalue weighted by Gasteiger charge is 2.40. The van der Waals surface area contributed by atoms with Gasteiger partial charge in [0.2, 0.25) is 0 Å². The Morgan fingerprint density at radius 1 is 1.07 bits per heavy atom. The predicted octanol–water partition coefficient (Wildman–Crippen LogP) is 4.23. The van der Waals surface area contributed by atoms with E-state index in [1.54, 1.807) is 6.07 Å². The van der Waals surface area contributed by atoms with Crippen LogP contribution in [0.2, 0.25) is 0 Å². The van der Waals surface area contributed by atoms with Crippen LogP contribution in [0.25, 0.3) is 22.4 Å². The van der Waals surface area contributed by atoms with Crippen LogP contribution in [0.1, 0.15) is 30.4 Å². The molecule has 0 radical (unpaired) electrons. The van der Waals surface area contributed by atoms with Crippen LogP contribution in [0, 0.1) is 11.3 Å². The fraction of sp³-hybridized carbons (Fsp3) is 0.174. The molecule has 1 fully saturated rings. The maximum atomic E-state index is 12.3. The molecular weight excluding hydrogens is 366 g/mol. The van der Waals surface area contributed by atoms with Crippen LogP contribution < -0.4 is 10.9 Å². The molecule has 4 rings (SSSR count). The standard InChI is InChI=1S/C23H19N3O3/c24-14-17-13-19(15-5-2-1-3-6-15)20(25-21(17)27)16-7-9-18(10-8-16)23(11-4-12-23)26-22(28)29/h1-3,5-10,13,26H,4,11-12H2,(H,25,27)(H,28,29). The molecule has 0 aliphatic heterocycles. The second-order valence-corrected chi connectivity index (χ2v) is 7.22. The summed E-state index contributed by atoms with van der Waals surface area (Å²) in [6.45, 7) is 0. The van der Waals surface area contributed by atoms with Crippen molar-refractivity contribution in [1.29, 1.82) is 5.26 Å². The number of carboxylic acid groups (broad SMARTS) is 1. The number of nitrogens with zero attached hydrogens (tertiary/aromatic N) is 1. The normalized spacial score (nSPS) is 14.4. The lowest BCUT2D eigenvalue weighted by molar-refractivity contribution is 0.144. The van der Waals surface area contributed by atoms with E-state index in [0.717, 1.165) is 41.5 Å². The Labute approximate surface area is 167 Å². The smallest absolute Gasteiger partial charge is 0.405 e. The van der Waals surface area contributed by atoms with Crippen molar-refractivity contribution in [3.63, 3.8) is 0 Å². The van der Waals surface area contributed by atoms with Gasteiger partial charge in [0.15, 0.2) is 0 Å². The number of hydrogen-bond acceptors (Lipinski definition) is 3. The number of amides is 1. The van der Waals surface area contributed by atoms with Crippen LogP contribution in [0.15, 0.2) is 65.5 Å². The average molecular weight is 385 g/mol. The molecule has 1 amide bonds. The van der Waals surface area contributed by atoms with E-state index in [9.17, 15) is 20.0 Å². The summed E-state index contributed by atoms with van der Waals surface area (Å²) in [5, 5.41) is 21.1. The summed E-state index contributed by atoms with van der Waals surface area (Å²) < 4.78 is 0. The first-order valence-electron chi connectivity index (χ1n) is 9.37. The number of rotatable bonds is 4. The van der Waals surface area contributed by atoms with Gasteiger partial charge in [-0.05, 0) is 42.0 Å². The number of pyridine rings is 1. The van der Waals surface area contributed by atoms with Crippen molar-refractivity contribution in [3.05, 3.63) is 82.1 Å². The molecular formula is C23H19N3O3. The van der Waals surface area contributed by atoms with Crippen molar-refractivity contribution in [2.45, 2.75) is 24.8 Å². The van der Waals surface area contributed by atoms with E-state index in [1.165, 1.54) is 0 Å². The quantitative estimate of drug-likeness (QED) is 0.625. The molecule has 0 saturated heterocycles. The lowest BCUT2D eigenvalue weighted by Crippen LogP contribution is -2.50. The van der Waals surface area contributed by atoms with Gasteiger partial charge in [-0.1, -0.05) is 54.6 Å². The number of nitrogens with one attached hydrogen (secondary N) is 2. The molecule has 3 aromatic rings. The molecule has 0 atom stereocenters. The number of hydrogen-bond donors (Lipinski definition) is 3. The zero-order chi connectivity index (χ0) is 20.4. The van der Waals surface area contributed by atoms with E-state index >= 15 is 0 Å². The van der Waals surface area contributed by atoms with Gasteiger partial charge in [0.1, 0.15) is 11.6 Å². The van der Waals surface area contributed by atoms with Gasteiger partial charge in [0, 0.05) is 5.56 Å². The van der Waals surface area contributed by atoms with Crippen molar-refractivity contribution < 1.29 is 9.90 Å². The number of H-pyrrole nitrogens is 1. The van der Waals surface area contributed by atoms with E-state index < -0.39 is 17.2 Å². The summed E-state index contributed by atoms with van der Waals surface area (Å²) in [7, 11) is 0. The highest BCUT2D eigenvalue weighted by molar-refractivity contribution is 5.81. The minimum atomic E-state index is -1.03. The van der Waals surface area contributed by atoms with Crippen LogP contribution in [0.5, 0.6) is 0 Å². The second kappa shape index (κ2) is 7.28. The number of carbonyl (C=O) groups is 1. The fourth-order valence-electron chi connectivity index (χ4n) is 3.86. The fourth-order valence-corrected chi connectivity index (χ4v) is 3.86. The van der Waals surface area contributed by atoms with Gasteiger partial charge >= 0.3 is 6.09 Å². The summed E-state index contributed by atoms with van der Waals surface area (Å²) >= 11 is 0.